The molecule has 1 aliphatic heterocycles. The summed E-state index contributed by atoms with van der Waals surface area (Å²) in [5.41, 5.74) is 0.984. The molecular formula is C17H16ClN3S. The molecule has 22 heavy (non-hydrogen) atoms. The third-order valence-corrected chi connectivity index (χ3v) is 5.40. The lowest BCUT2D eigenvalue weighted by Crippen LogP contribution is -2.30. The Bertz CT molecular complexity index is 809. The van der Waals surface area contributed by atoms with Crippen molar-refractivity contribution in [3.8, 4) is 10.7 Å². The zero-order valence-electron chi connectivity index (χ0n) is 12.1. The van der Waals surface area contributed by atoms with E-state index in [4.69, 9.17) is 21.6 Å². The van der Waals surface area contributed by atoms with Gasteiger partial charge in [-0.05, 0) is 42.8 Å². The highest BCUT2D eigenvalue weighted by molar-refractivity contribution is 7.14. The first-order valence-electron chi connectivity index (χ1n) is 7.58. The number of fused-ring (bicyclic) bond motifs is 1. The number of piperidine rings is 1. The summed E-state index contributed by atoms with van der Waals surface area (Å²) < 4.78 is 0. The maximum absolute atomic E-state index is 6.28. The number of hydrogen-bond donors (Lipinski definition) is 0. The zero-order chi connectivity index (χ0) is 14.9. The van der Waals surface area contributed by atoms with Gasteiger partial charge in [-0.1, -0.05) is 23.7 Å². The lowest BCUT2D eigenvalue weighted by molar-refractivity contribution is 0.575. The lowest BCUT2D eigenvalue weighted by Gasteiger charge is -2.28. The Morgan fingerprint density at radius 2 is 1.82 bits per heavy atom. The molecule has 2 aromatic heterocycles. The number of rotatable bonds is 2. The van der Waals surface area contributed by atoms with Crippen molar-refractivity contribution in [1.82, 2.24) is 9.97 Å². The van der Waals surface area contributed by atoms with Gasteiger partial charge in [0.2, 0.25) is 0 Å². The number of anilines is 1. The van der Waals surface area contributed by atoms with E-state index < -0.39 is 0 Å². The fourth-order valence-electron chi connectivity index (χ4n) is 2.96. The first kappa shape index (κ1) is 14.0. The van der Waals surface area contributed by atoms with Gasteiger partial charge in [0.05, 0.1) is 15.4 Å². The number of aromatic nitrogens is 2. The van der Waals surface area contributed by atoms with Crippen molar-refractivity contribution in [1.29, 1.82) is 0 Å². The van der Waals surface area contributed by atoms with Crippen LogP contribution in [0.2, 0.25) is 5.02 Å². The third kappa shape index (κ3) is 2.46. The van der Waals surface area contributed by atoms with Crippen LogP contribution in [-0.2, 0) is 0 Å². The topological polar surface area (TPSA) is 29.0 Å². The van der Waals surface area contributed by atoms with Crippen LogP contribution in [0, 0.1) is 0 Å². The van der Waals surface area contributed by atoms with Gasteiger partial charge in [-0.3, -0.25) is 0 Å². The molecule has 1 saturated heterocycles. The molecule has 5 heteroatoms. The molecule has 3 aromatic rings. The van der Waals surface area contributed by atoms with Crippen LogP contribution in [0.15, 0.2) is 35.7 Å². The van der Waals surface area contributed by atoms with E-state index in [9.17, 15) is 0 Å². The summed E-state index contributed by atoms with van der Waals surface area (Å²) in [5, 5.41) is 3.84. The van der Waals surface area contributed by atoms with Gasteiger partial charge in [0, 0.05) is 18.5 Å². The van der Waals surface area contributed by atoms with Gasteiger partial charge in [0.25, 0.3) is 0 Å². The summed E-state index contributed by atoms with van der Waals surface area (Å²) in [4.78, 5) is 12.9. The Labute approximate surface area is 138 Å². The predicted octanol–water partition coefficient (Wildman–Crippen LogP) is 5.00. The van der Waals surface area contributed by atoms with Crippen molar-refractivity contribution in [2.75, 3.05) is 18.0 Å². The number of thiophene rings is 1. The second kappa shape index (κ2) is 5.86. The van der Waals surface area contributed by atoms with E-state index in [0.29, 0.717) is 0 Å². The molecule has 4 rings (SSSR count). The largest absolute Gasteiger partial charge is 0.356 e. The fourth-order valence-corrected chi connectivity index (χ4v) is 4.03. The highest BCUT2D eigenvalue weighted by Crippen LogP contribution is 2.34. The number of hydrogen-bond acceptors (Lipinski definition) is 4. The average Bonchev–Trinajstić information content (AvgIpc) is 3.01. The number of halogens is 1. The zero-order valence-corrected chi connectivity index (χ0v) is 13.7. The molecule has 112 valence electrons. The summed E-state index contributed by atoms with van der Waals surface area (Å²) in [6, 6.07) is 10.1. The normalized spacial score (nSPS) is 15.4. The molecule has 0 aliphatic carbocycles. The smallest absolute Gasteiger partial charge is 0.173 e. The molecule has 0 saturated carbocycles. The van der Waals surface area contributed by atoms with E-state index in [1.165, 1.54) is 19.3 Å². The van der Waals surface area contributed by atoms with E-state index in [1.807, 2.05) is 17.5 Å². The predicted molar refractivity (Wildman–Crippen MR) is 93.9 cm³/mol. The molecule has 0 atom stereocenters. The summed E-state index contributed by atoms with van der Waals surface area (Å²) in [7, 11) is 0. The molecule has 0 radical (unpaired) electrons. The van der Waals surface area contributed by atoms with E-state index in [2.05, 4.69) is 23.1 Å². The van der Waals surface area contributed by atoms with E-state index in [0.717, 1.165) is 45.5 Å². The Balaban J connectivity index is 1.91. The Kier molecular flexibility index (Phi) is 3.72. The van der Waals surface area contributed by atoms with Gasteiger partial charge >= 0.3 is 0 Å². The molecule has 0 spiro atoms. The third-order valence-electron chi connectivity index (χ3n) is 4.06. The number of benzene rings is 1. The SMILES string of the molecule is Clc1ccsc1-c1nc(N2CCCCC2)c2ccccc2n1. The van der Waals surface area contributed by atoms with Crippen LogP contribution >= 0.6 is 22.9 Å². The molecule has 3 nitrogen and oxygen atoms in total. The highest BCUT2D eigenvalue weighted by atomic mass is 35.5. The van der Waals surface area contributed by atoms with Gasteiger partial charge in [-0.2, -0.15) is 0 Å². The molecular weight excluding hydrogens is 314 g/mol. The minimum Gasteiger partial charge on any atom is -0.356 e. The van der Waals surface area contributed by atoms with Gasteiger partial charge in [0.15, 0.2) is 5.82 Å². The Hall–Kier alpha value is -1.65. The molecule has 0 bridgehead atoms. The van der Waals surface area contributed by atoms with Crippen LogP contribution in [0.4, 0.5) is 5.82 Å². The van der Waals surface area contributed by atoms with Gasteiger partial charge in [-0.15, -0.1) is 11.3 Å². The van der Waals surface area contributed by atoms with Crippen LogP contribution < -0.4 is 4.90 Å². The van der Waals surface area contributed by atoms with Crippen molar-refractivity contribution < 1.29 is 0 Å². The van der Waals surface area contributed by atoms with Crippen LogP contribution in [0.5, 0.6) is 0 Å². The lowest BCUT2D eigenvalue weighted by atomic mass is 10.1. The average molecular weight is 330 g/mol. The highest BCUT2D eigenvalue weighted by Gasteiger charge is 2.18. The Morgan fingerprint density at radius 1 is 1.00 bits per heavy atom. The van der Waals surface area contributed by atoms with Crippen molar-refractivity contribution in [2.45, 2.75) is 19.3 Å². The van der Waals surface area contributed by atoms with Gasteiger partial charge < -0.3 is 4.90 Å². The van der Waals surface area contributed by atoms with Crippen molar-refractivity contribution in [2.24, 2.45) is 0 Å². The first-order chi connectivity index (χ1) is 10.8. The van der Waals surface area contributed by atoms with Gasteiger partial charge in [-0.25, -0.2) is 9.97 Å². The molecule has 0 unspecified atom stereocenters. The number of para-hydroxylation sites is 1. The monoisotopic (exact) mass is 329 g/mol. The van der Waals surface area contributed by atoms with Crippen molar-refractivity contribution >= 4 is 39.7 Å². The second-order valence-electron chi connectivity index (χ2n) is 5.53. The maximum atomic E-state index is 6.28. The van der Waals surface area contributed by atoms with Crippen LogP contribution in [0.25, 0.3) is 21.6 Å². The summed E-state index contributed by atoms with van der Waals surface area (Å²) in [6.45, 7) is 2.14. The maximum Gasteiger partial charge on any atom is 0.173 e. The summed E-state index contributed by atoms with van der Waals surface area (Å²) >= 11 is 7.87. The number of nitrogens with zero attached hydrogens (tertiary/aromatic N) is 3. The summed E-state index contributed by atoms with van der Waals surface area (Å²) in [6.07, 6.45) is 3.77. The molecule has 1 fully saturated rings. The van der Waals surface area contributed by atoms with Crippen LogP contribution in [-0.4, -0.2) is 23.1 Å². The van der Waals surface area contributed by atoms with Crippen molar-refractivity contribution in [3.63, 3.8) is 0 Å². The van der Waals surface area contributed by atoms with E-state index in [-0.39, 0.29) is 0 Å². The molecule has 1 aliphatic rings. The minimum atomic E-state index is 0.727. The van der Waals surface area contributed by atoms with Gasteiger partial charge in [0.1, 0.15) is 5.82 Å². The molecule has 1 aromatic carbocycles. The summed E-state index contributed by atoms with van der Waals surface area (Å²) in [5.74, 6) is 1.78. The van der Waals surface area contributed by atoms with E-state index in [1.54, 1.807) is 11.3 Å². The van der Waals surface area contributed by atoms with Crippen LogP contribution in [0.1, 0.15) is 19.3 Å². The Morgan fingerprint density at radius 3 is 2.59 bits per heavy atom. The van der Waals surface area contributed by atoms with E-state index >= 15 is 0 Å². The minimum absolute atomic E-state index is 0.727. The van der Waals surface area contributed by atoms with Crippen molar-refractivity contribution in [3.05, 3.63) is 40.7 Å². The fraction of sp³-hybridized carbons (Fsp3) is 0.294. The van der Waals surface area contributed by atoms with Crippen LogP contribution in [0.3, 0.4) is 0 Å². The molecule has 0 amide bonds. The molecule has 0 N–H and O–H groups in total. The first-order valence-corrected chi connectivity index (χ1v) is 8.84. The quantitative estimate of drug-likeness (QED) is 0.662. The standard InChI is InChI=1S/C17H16ClN3S/c18-13-8-11-22-15(13)16-19-14-7-3-2-6-12(14)17(20-16)21-9-4-1-5-10-21/h2-3,6-8,11H,1,4-5,9-10H2. The second-order valence-corrected chi connectivity index (χ2v) is 6.86. The molecule has 3 heterocycles.